The molecule has 1 aliphatic heterocycles. The average molecular weight is 389 g/mol. The van der Waals surface area contributed by atoms with Crippen molar-refractivity contribution < 1.29 is 9.59 Å². The van der Waals surface area contributed by atoms with Crippen molar-refractivity contribution in [3.05, 3.63) is 72.1 Å². The van der Waals surface area contributed by atoms with E-state index < -0.39 is 6.04 Å². The fourth-order valence-electron chi connectivity index (χ4n) is 3.63. The van der Waals surface area contributed by atoms with Crippen LogP contribution >= 0.6 is 0 Å². The number of carbonyl (C=O) groups is 2. The van der Waals surface area contributed by atoms with Crippen LogP contribution in [0.15, 0.2) is 55.1 Å². The predicted molar refractivity (Wildman–Crippen MR) is 110 cm³/mol. The predicted octanol–water partition coefficient (Wildman–Crippen LogP) is 3.13. The highest BCUT2D eigenvalue weighted by atomic mass is 16.2. The van der Waals surface area contributed by atoms with Crippen molar-refractivity contribution in [1.82, 2.24) is 19.4 Å². The Labute approximate surface area is 169 Å². The van der Waals surface area contributed by atoms with Crippen molar-refractivity contribution in [2.75, 3.05) is 11.9 Å². The van der Waals surface area contributed by atoms with E-state index in [4.69, 9.17) is 0 Å². The fraction of sp³-hybridized carbons (Fsp3) is 0.273. The normalized spacial score (nSPS) is 16.1. The van der Waals surface area contributed by atoms with Gasteiger partial charge in [0.1, 0.15) is 6.04 Å². The number of amides is 2. The van der Waals surface area contributed by atoms with Crippen molar-refractivity contribution in [3.63, 3.8) is 0 Å². The largest absolute Gasteiger partial charge is 0.327 e. The van der Waals surface area contributed by atoms with Crippen LogP contribution in [0.1, 0.15) is 34.6 Å². The lowest BCUT2D eigenvalue weighted by Crippen LogP contribution is -2.43. The summed E-state index contributed by atoms with van der Waals surface area (Å²) in [6.45, 7) is 4.57. The number of rotatable bonds is 4. The van der Waals surface area contributed by atoms with E-state index in [-0.39, 0.29) is 11.8 Å². The Bertz CT molecular complexity index is 1030. The Hall–Kier alpha value is -3.48. The maximum Gasteiger partial charge on any atom is 0.254 e. The van der Waals surface area contributed by atoms with E-state index in [9.17, 15) is 9.59 Å². The van der Waals surface area contributed by atoms with Crippen LogP contribution in [-0.2, 0) is 4.79 Å². The molecule has 7 heteroatoms. The summed E-state index contributed by atoms with van der Waals surface area (Å²) in [7, 11) is 0. The van der Waals surface area contributed by atoms with Gasteiger partial charge in [-0.05, 0) is 63.1 Å². The molecule has 0 spiro atoms. The molecule has 0 saturated carbocycles. The van der Waals surface area contributed by atoms with E-state index in [1.165, 1.54) is 0 Å². The van der Waals surface area contributed by atoms with Crippen molar-refractivity contribution >= 4 is 17.5 Å². The molecule has 1 fully saturated rings. The number of nitrogens with zero attached hydrogens (tertiary/aromatic N) is 4. The first kappa shape index (κ1) is 18.9. The summed E-state index contributed by atoms with van der Waals surface area (Å²) in [6, 6.07) is 10.5. The Kier molecular flexibility index (Phi) is 5.12. The first-order valence-corrected chi connectivity index (χ1v) is 9.67. The zero-order chi connectivity index (χ0) is 20.4. The third kappa shape index (κ3) is 3.76. The first-order chi connectivity index (χ1) is 14.0. The van der Waals surface area contributed by atoms with Gasteiger partial charge in [-0.3, -0.25) is 14.6 Å². The third-order valence-corrected chi connectivity index (χ3v) is 5.41. The molecule has 2 amide bonds. The van der Waals surface area contributed by atoms with E-state index in [0.29, 0.717) is 24.2 Å². The zero-order valence-electron chi connectivity index (χ0n) is 16.5. The minimum absolute atomic E-state index is 0.133. The van der Waals surface area contributed by atoms with Gasteiger partial charge in [-0.15, -0.1) is 0 Å². The molecule has 3 heterocycles. The lowest BCUT2D eigenvalue weighted by molar-refractivity contribution is -0.119. The van der Waals surface area contributed by atoms with Crippen molar-refractivity contribution in [1.29, 1.82) is 0 Å². The second-order valence-corrected chi connectivity index (χ2v) is 7.21. The van der Waals surface area contributed by atoms with E-state index >= 15 is 0 Å². The number of imidazole rings is 1. The van der Waals surface area contributed by atoms with Gasteiger partial charge in [0.25, 0.3) is 5.91 Å². The summed E-state index contributed by atoms with van der Waals surface area (Å²) in [5.74, 6) is -0.293. The van der Waals surface area contributed by atoms with Crippen LogP contribution in [0.5, 0.6) is 0 Å². The van der Waals surface area contributed by atoms with E-state index in [0.717, 1.165) is 23.5 Å². The highest BCUT2D eigenvalue weighted by Crippen LogP contribution is 2.22. The van der Waals surface area contributed by atoms with Gasteiger partial charge in [0.05, 0.1) is 12.0 Å². The van der Waals surface area contributed by atoms with Gasteiger partial charge in [-0.1, -0.05) is 0 Å². The number of anilines is 1. The average Bonchev–Trinajstić information content (AvgIpc) is 3.36. The molecule has 1 unspecified atom stereocenters. The molecule has 4 rings (SSSR count). The molecular weight excluding hydrogens is 366 g/mol. The molecule has 148 valence electrons. The quantitative estimate of drug-likeness (QED) is 0.743. The van der Waals surface area contributed by atoms with Crippen molar-refractivity contribution in [3.8, 4) is 5.69 Å². The third-order valence-electron chi connectivity index (χ3n) is 5.41. The Morgan fingerprint density at radius 3 is 2.45 bits per heavy atom. The number of likely N-dealkylation sites (tertiary alicyclic amines) is 1. The van der Waals surface area contributed by atoms with Crippen LogP contribution in [-0.4, -0.2) is 43.8 Å². The number of carbonyl (C=O) groups excluding carboxylic acids is 2. The number of aromatic nitrogens is 3. The van der Waals surface area contributed by atoms with Crippen molar-refractivity contribution in [2.24, 2.45) is 0 Å². The minimum Gasteiger partial charge on any atom is -0.327 e. The number of aryl methyl sites for hydroxylation is 1. The summed E-state index contributed by atoms with van der Waals surface area (Å²) in [4.78, 5) is 35.5. The van der Waals surface area contributed by atoms with Gasteiger partial charge >= 0.3 is 0 Å². The molecule has 2 aromatic heterocycles. The van der Waals surface area contributed by atoms with Gasteiger partial charge in [0.2, 0.25) is 5.91 Å². The number of hydrogen-bond donors (Lipinski definition) is 1. The number of nitrogens with one attached hydrogen (secondary N) is 1. The van der Waals surface area contributed by atoms with Crippen LogP contribution in [0.25, 0.3) is 5.69 Å². The Balaban J connectivity index is 1.46. The van der Waals surface area contributed by atoms with Crippen LogP contribution < -0.4 is 5.32 Å². The standard InChI is InChI=1S/C22H23N5O2/c1-15-16(2)27(14-24-15)19-7-5-18(6-8-19)25-21(28)20-4-3-13-26(20)22(29)17-9-11-23-12-10-17/h5-12,14,20H,3-4,13H2,1-2H3,(H,25,28). The lowest BCUT2D eigenvalue weighted by atomic mass is 10.1. The Morgan fingerprint density at radius 1 is 1.07 bits per heavy atom. The highest BCUT2D eigenvalue weighted by molar-refractivity contribution is 6.01. The van der Waals surface area contributed by atoms with Gasteiger partial charge in [0.15, 0.2) is 0 Å². The van der Waals surface area contributed by atoms with Crippen LogP contribution in [0.2, 0.25) is 0 Å². The SMILES string of the molecule is Cc1ncn(-c2ccc(NC(=O)C3CCCN3C(=O)c3ccncc3)cc2)c1C. The van der Waals surface area contributed by atoms with E-state index in [2.05, 4.69) is 15.3 Å². The van der Waals surface area contributed by atoms with Gasteiger partial charge < -0.3 is 14.8 Å². The molecule has 0 aliphatic carbocycles. The number of benzene rings is 1. The maximum atomic E-state index is 12.8. The van der Waals surface area contributed by atoms with Crippen LogP contribution in [0.3, 0.4) is 0 Å². The summed E-state index contributed by atoms with van der Waals surface area (Å²) >= 11 is 0. The summed E-state index contributed by atoms with van der Waals surface area (Å²) in [5, 5.41) is 2.95. The maximum absolute atomic E-state index is 12.8. The molecular formula is C22H23N5O2. The second-order valence-electron chi connectivity index (χ2n) is 7.21. The summed E-state index contributed by atoms with van der Waals surface area (Å²) in [5.41, 5.74) is 4.31. The van der Waals surface area contributed by atoms with Crippen LogP contribution in [0.4, 0.5) is 5.69 Å². The first-order valence-electron chi connectivity index (χ1n) is 9.67. The molecule has 0 radical (unpaired) electrons. The van der Waals surface area contributed by atoms with Gasteiger partial charge in [-0.25, -0.2) is 4.98 Å². The molecule has 3 aromatic rings. The highest BCUT2D eigenvalue weighted by Gasteiger charge is 2.34. The van der Waals surface area contributed by atoms with Gasteiger partial charge in [0, 0.05) is 41.6 Å². The second kappa shape index (κ2) is 7.87. The van der Waals surface area contributed by atoms with E-state index in [1.807, 2.05) is 42.7 Å². The van der Waals surface area contributed by atoms with Gasteiger partial charge in [-0.2, -0.15) is 0 Å². The molecule has 1 saturated heterocycles. The van der Waals surface area contributed by atoms with Crippen molar-refractivity contribution in [2.45, 2.75) is 32.7 Å². The zero-order valence-corrected chi connectivity index (χ0v) is 16.5. The molecule has 1 aromatic carbocycles. The topological polar surface area (TPSA) is 80.1 Å². The smallest absolute Gasteiger partial charge is 0.254 e. The lowest BCUT2D eigenvalue weighted by Gasteiger charge is -2.24. The molecule has 1 N–H and O–H groups in total. The molecule has 29 heavy (non-hydrogen) atoms. The molecule has 7 nitrogen and oxygen atoms in total. The summed E-state index contributed by atoms with van der Waals surface area (Å²) in [6.07, 6.45) is 6.44. The monoisotopic (exact) mass is 389 g/mol. The number of pyridine rings is 1. The van der Waals surface area contributed by atoms with Crippen LogP contribution in [0, 0.1) is 13.8 Å². The van der Waals surface area contributed by atoms with E-state index in [1.54, 1.807) is 35.8 Å². The molecule has 1 aliphatic rings. The minimum atomic E-state index is -0.464. The Morgan fingerprint density at radius 2 is 1.79 bits per heavy atom. The molecule has 0 bridgehead atoms. The summed E-state index contributed by atoms with van der Waals surface area (Å²) < 4.78 is 2.01. The fourth-order valence-corrected chi connectivity index (χ4v) is 3.63. The molecule has 1 atom stereocenters. The number of hydrogen-bond acceptors (Lipinski definition) is 4.